The van der Waals surface area contributed by atoms with Gasteiger partial charge in [0.15, 0.2) is 5.69 Å². The highest BCUT2D eigenvalue weighted by molar-refractivity contribution is 5.75. The number of aliphatic hydroxyl groups excluding tert-OH is 1. The van der Waals surface area contributed by atoms with Crippen molar-refractivity contribution in [1.82, 2.24) is 15.1 Å². The van der Waals surface area contributed by atoms with Crippen molar-refractivity contribution in [1.29, 1.82) is 0 Å². The van der Waals surface area contributed by atoms with E-state index in [1.54, 1.807) is 0 Å². The van der Waals surface area contributed by atoms with E-state index in [1.807, 2.05) is 6.92 Å². The first-order chi connectivity index (χ1) is 9.36. The Hall–Kier alpha value is -1.57. The third-order valence-corrected chi connectivity index (χ3v) is 2.94. The van der Waals surface area contributed by atoms with Gasteiger partial charge < -0.3 is 10.4 Å². The van der Waals surface area contributed by atoms with Gasteiger partial charge in [0.25, 0.3) is 0 Å². The van der Waals surface area contributed by atoms with Gasteiger partial charge in [0.2, 0.25) is 5.91 Å². The highest BCUT2D eigenvalue weighted by atomic mass is 19.4. The lowest BCUT2D eigenvalue weighted by atomic mass is 10.0. The molecule has 0 spiro atoms. The highest BCUT2D eigenvalue weighted by Crippen LogP contribution is 2.27. The topological polar surface area (TPSA) is 67.2 Å². The Balaban J connectivity index is 2.44. The first-order valence-corrected chi connectivity index (χ1v) is 6.35. The smallest absolute Gasteiger partial charge is 0.396 e. The van der Waals surface area contributed by atoms with Gasteiger partial charge in [0, 0.05) is 19.3 Å². The molecule has 1 aromatic heterocycles. The Bertz CT molecular complexity index is 432. The number of aliphatic hydroxyl groups is 1. The lowest BCUT2D eigenvalue weighted by molar-refractivity contribution is -0.141. The average Bonchev–Trinajstić information content (AvgIpc) is 2.82. The van der Waals surface area contributed by atoms with Crippen molar-refractivity contribution in [2.24, 2.45) is 5.92 Å². The number of nitrogens with zero attached hydrogens (tertiary/aromatic N) is 2. The lowest BCUT2D eigenvalue weighted by Crippen LogP contribution is -2.32. The molecule has 0 bridgehead atoms. The maximum Gasteiger partial charge on any atom is 0.435 e. The first-order valence-electron chi connectivity index (χ1n) is 6.35. The number of rotatable bonds is 7. The number of hydrogen-bond acceptors (Lipinski definition) is 3. The summed E-state index contributed by atoms with van der Waals surface area (Å²) in [4.78, 5) is 11.6. The Morgan fingerprint density at radius 2 is 2.25 bits per heavy atom. The van der Waals surface area contributed by atoms with E-state index in [4.69, 9.17) is 5.11 Å². The maximum atomic E-state index is 12.3. The van der Waals surface area contributed by atoms with Crippen LogP contribution in [0.2, 0.25) is 0 Å². The number of amides is 1. The summed E-state index contributed by atoms with van der Waals surface area (Å²) in [6, 6.07) is 0.827. The summed E-state index contributed by atoms with van der Waals surface area (Å²) >= 11 is 0. The monoisotopic (exact) mass is 293 g/mol. The van der Waals surface area contributed by atoms with Gasteiger partial charge >= 0.3 is 6.18 Å². The molecule has 0 saturated carbocycles. The molecule has 1 heterocycles. The molecule has 0 aliphatic carbocycles. The molecule has 0 aliphatic heterocycles. The molecule has 8 heteroatoms. The van der Waals surface area contributed by atoms with Gasteiger partial charge in [0.05, 0.1) is 0 Å². The lowest BCUT2D eigenvalue weighted by Gasteiger charge is -2.14. The number of carbonyl (C=O) groups is 1. The fraction of sp³-hybridized carbons (Fsp3) is 0.667. The van der Waals surface area contributed by atoms with Crippen LogP contribution in [0.1, 0.15) is 25.5 Å². The second kappa shape index (κ2) is 7.28. The fourth-order valence-electron chi connectivity index (χ4n) is 1.70. The number of aromatic nitrogens is 2. The molecule has 0 saturated heterocycles. The summed E-state index contributed by atoms with van der Waals surface area (Å²) in [6.45, 7) is 2.12. The zero-order valence-electron chi connectivity index (χ0n) is 11.2. The molecule has 114 valence electrons. The summed E-state index contributed by atoms with van der Waals surface area (Å²) in [5, 5.41) is 14.7. The zero-order chi connectivity index (χ0) is 15.2. The van der Waals surface area contributed by atoms with Gasteiger partial charge in [-0.25, -0.2) is 0 Å². The summed E-state index contributed by atoms with van der Waals surface area (Å²) in [5.74, 6) is -0.245. The van der Waals surface area contributed by atoms with Crippen LogP contribution in [0.25, 0.3) is 0 Å². The zero-order valence-corrected chi connectivity index (χ0v) is 11.2. The summed E-state index contributed by atoms with van der Waals surface area (Å²) in [6.07, 6.45) is -2.00. The molecule has 0 radical (unpaired) electrons. The van der Waals surface area contributed by atoms with Crippen molar-refractivity contribution in [2.45, 2.75) is 32.5 Å². The van der Waals surface area contributed by atoms with Crippen molar-refractivity contribution in [3.63, 3.8) is 0 Å². The van der Waals surface area contributed by atoms with E-state index in [0.29, 0.717) is 13.0 Å². The minimum Gasteiger partial charge on any atom is -0.396 e. The van der Waals surface area contributed by atoms with E-state index in [9.17, 15) is 18.0 Å². The summed E-state index contributed by atoms with van der Waals surface area (Å²) in [5.41, 5.74) is -1.02. The third kappa shape index (κ3) is 5.20. The SMILES string of the molecule is CCC(CCO)CNC(=O)Cn1ccc(C(F)(F)F)n1. The molecular formula is C12H18F3N3O2. The van der Waals surface area contributed by atoms with Crippen molar-refractivity contribution in [3.05, 3.63) is 18.0 Å². The number of alkyl halides is 3. The molecule has 1 rings (SSSR count). The predicted octanol–water partition coefficient (Wildman–Crippen LogP) is 1.43. The van der Waals surface area contributed by atoms with Crippen molar-refractivity contribution >= 4 is 5.91 Å². The number of carbonyl (C=O) groups excluding carboxylic acids is 1. The van der Waals surface area contributed by atoms with Gasteiger partial charge in [0.1, 0.15) is 6.54 Å². The van der Waals surface area contributed by atoms with Gasteiger partial charge in [-0.15, -0.1) is 0 Å². The van der Waals surface area contributed by atoms with Gasteiger partial charge in [-0.2, -0.15) is 18.3 Å². The molecule has 1 atom stereocenters. The van der Waals surface area contributed by atoms with Gasteiger partial charge in [-0.05, 0) is 18.4 Å². The Labute approximate surface area is 114 Å². The molecule has 0 aromatic carbocycles. The Morgan fingerprint density at radius 3 is 2.75 bits per heavy atom. The molecular weight excluding hydrogens is 275 g/mol. The normalized spacial score (nSPS) is 13.2. The Morgan fingerprint density at radius 1 is 1.55 bits per heavy atom. The van der Waals surface area contributed by atoms with Crippen LogP contribution >= 0.6 is 0 Å². The fourth-order valence-corrected chi connectivity index (χ4v) is 1.70. The maximum absolute atomic E-state index is 12.3. The standard InChI is InChI=1S/C12H18F3N3O2/c1-2-9(4-6-19)7-16-11(20)8-18-5-3-10(17-18)12(13,14)15/h3,5,9,19H,2,4,6-8H2,1H3,(H,16,20). The molecule has 1 amide bonds. The van der Waals surface area contributed by atoms with E-state index in [-0.39, 0.29) is 19.1 Å². The number of halogens is 3. The van der Waals surface area contributed by atoms with E-state index in [1.165, 1.54) is 0 Å². The van der Waals surface area contributed by atoms with Crippen LogP contribution in [-0.4, -0.2) is 33.9 Å². The first kappa shape index (κ1) is 16.5. The second-order valence-electron chi connectivity index (χ2n) is 4.49. The predicted molar refractivity (Wildman–Crippen MR) is 65.7 cm³/mol. The molecule has 2 N–H and O–H groups in total. The average molecular weight is 293 g/mol. The van der Waals surface area contributed by atoms with E-state index in [0.717, 1.165) is 23.4 Å². The highest BCUT2D eigenvalue weighted by Gasteiger charge is 2.33. The third-order valence-electron chi connectivity index (χ3n) is 2.94. The van der Waals surface area contributed by atoms with Crippen LogP contribution < -0.4 is 5.32 Å². The number of hydrogen-bond donors (Lipinski definition) is 2. The van der Waals surface area contributed by atoms with Crippen LogP contribution in [-0.2, 0) is 17.5 Å². The summed E-state index contributed by atoms with van der Waals surface area (Å²) < 4.78 is 37.9. The van der Waals surface area contributed by atoms with Crippen molar-refractivity contribution < 1.29 is 23.1 Å². The molecule has 1 unspecified atom stereocenters. The van der Waals surface area contributed by atoms with Gasteiger partial charge in [-0.1, -0.05) is 13.3 Å². The van der Waals surface area contributed by atoms with Gasteiger partial charge in [-0.3, -0.25) is 9.48 Å². The molecule has 5 nitrogen and oxygen atoms in total. The van der Waals surface area contributed by atoms with Crippen molar-refractivity contribution in [3.8, 4) is 0 Å². The minimum absolute atomic E-state index is 0.0441. The molecule has 0 aliphatic rings. The van der Waals surface area contributed by atoms with Crippen LogP contribution in [0, 0.1) is 5.92 Å². The minimum atomic E-state index is -4.50. The largest absolute Gasteiger partial charge is 0.435 e. The second-order valence-corrected chi connectivity index (χ2v) is 4.49. The number of nitrogens with one attached hydrogen (secondary N) is 1. The van der Waals surface area contributed by atoms with E-state index >= 15 is 0 Å². The van der Waals surface area contributed by atoms with E-state index in [2.05, 4.69) is 10.4 Å². The quantitative estimate of drug-likeness (QED) is 0.799. The summed E-state index contributed by atoms with van der Waals surface area (Å²) in [7, 11) is 0. The molecule has 0 fully saturated rings. The van der Waals surface area contributed by atoms with Crippen LogP contribution in [0.15, 0.2) is 12.3 Å². The van der Waals surface area contributed by atoms with Crippen LogP contribution in [0.3, 0.4) is 0 Å². The van der Waals surface area contributed by atoms with Crippen LogP contribution in [0.4, 0.5) is 13.2 Å². The van der Waals surface area contributed by atoms with Crippen molar-refractivity contribution in [2.75, 3.05) is 13.2 Å². The van der Waals surface area contributed by atoms with Crippen LogP contribution in [0.5, 0.6) is 0 Å². The molecule has 20 heavy (non-hydrogen) atoms. The molecule has 1 aromatic rings. The Kier molecular flexibility index (Phi) is 6.00. The van der Waals surface area contributed by atoms with E-state index < -0.39 is 17.8 Å².